The Balaban J connectivity index is 2.26. The van der Waals surface area contributed by atoms with Gasteiger partial charge in [0.05, 0.1) is 39.1 Å². The van der Waals surface area contributed by atoms with Gasteiger partial charge < -0.3 is 29.3 Å². The van der Waals surface area contributed by atoms with E-state index in [0.717, 1.165) is 0 Å². The third-order valence-corrected chi connectivity index (χ3v) is 4.21. The monoisotopic (exact) mass is 325 g/mol. The predicted octanol–water partition coefficient (Wildman–Crippen LogP) is 0.672. The Morgan fingerprint density at radius 3 is 2.22 bits per heavy atom. The number of hydrogen-bond acceptors (Lipinski definition) is 6. The molecular weight excluding hydrogens is 302 g/mol. The molecule has 0 unspecified atom stereocenters. The highest BCUT2D eigenvalue weighted by atomic mass is 16.5. The SMILES string of the molecule is COc1ccc(C(=O)N2CCC(O)(CO)CC2)c(OC)c1OC. The van der Waals surface area contributed by atoms with E-state index in [9.17, 15) is 15.0 Å². The molecule has 0 atom stereocenters. The molecule has 1 aromatic rings. The van der Waals surface area contributed by atoms with Crippen LogP contribution in [0, 0.1) is 0 Å². The molecule has 128 valence electrons. The Morgan fingerprint density at radius 1 is 1.13 bits per heavy atom. The fraction of sp³-hybridized carbons (Fsp3) is 0.562. The fourth-order valence-electron chi connectivity index (χ4n) is 2.72. The van der Waals surface area contributed by atoms with Crippen LogP contribution in [0.4, 0.5) is 0 Å². The summed E-state index contributed by atoms with van der Waals surface area (Å²) < 4.78 is 15.8. The summed E-state index contributed by atoms with van der Waals surface area (Å²) in [6.45, 7) is 0.440. The van der Waals surface area contributed by atoms with E-state index >= 15 is 0 Å². The van der Waals surface area contributed by atoms with Gasteiger partial charge in [0.25, 0.3) is 5.91 Å². The maximum atomic E-state index is 12.8. The van der Waals surface area contributed by atoms with Crippen molar-refractivity contribution in [1.82, 2.24) is 4.90 Å². The lowest BCUT2D eigenvalue weighted by Gasteiger charge is -2.37. The van der Waals surface area contributed by atoms with E-state index in [0.29, 0.717) is 48.7 Å². The molecule has 7 nitrogen and oxygen atoms in total. The van der Waals surface area contributed by atoms with Crippen molar-refractivity contribution in [3.8, 4) is 17.2 Å². The summed E-state index contributed by atoms with van der Waals surface area (Å²) in [5.41, 5.74) is -0.724. The third-order valence-electron chi connectivity index (χ3n) is 4.21. The summed E-state index contributed by atoms with van der Waals surface area (Å²) in [6.07, 6.45) is 0.676. The van der Waals surface area contributed by atoms with Crippen LogP contribution in [0.25, 0.3) is 0 Å². The number of aliphatic hydroxyl groups excluding tert-OH is 1. The molecule has 2 rings (SSSR count). The van der Waals surface area contributed by atoms with Crippen LogP contribution in [0.5, 0.6) is 17.2 Å². The van der Waals surface area contributed by atoms with Gasteiger partial charge in [-0.05, 0) is 25.0 Å². The van der Waals surface area contributed by atoms with Gasteiger partial charge in [-0.2, -0.15) is 0 Å². The number of hydrogen-bond donors (Lipinski definition) is 2. The zero-order valence-corrected chi connectivity index (χ0v) is 13.7. The highest BCUT2D eigenvalue weighted by molar-refractivity contribution is 5.98. The highest BCUT2D eigenvalue weighted by Gasteiger charge is 2.34. The lowest BCUT2D eigenvalue weighted by atomic mass is 9.92. The minimum atomic E-state index is -1.10. The van der Waals surface area contributed by atoms with Crippen LogP contribution in [0.15, 0.2) is 12.1 Å². The van der Waals surface area contributed by atoms with E-state index in [1.54, 1.807) is 17.0 Å². The van der Waals surface area contributed by atoms with Crippen LogP contribution in [-0.2, 0) is 0 Å². The van der Waals surface area contributed by atoms with Gasteiger partial charge in [0, 0.05) is 13.1 Å². The third kappa shape index (κ3) is 3.35. The summed E-state index contributed by atoms with van der Waals surface area (Å²) in [6, 6.07) is 3.29. The molecule has 1 heterocycles. The Kier molecular flexibility index (Phi) is 5.33. The average molecular weight is 325 g/mol. The lowest BCUT2D eigenvalue weighted by Crippen LogP contribution is -2.48. The Hall–Kier alpha value is -1.99. The first-order chi connectivity index (χ1) is 11.0. The van der Waals surface area contributed by atoms with Crippen LogP contribution in [-0.4, -0.2) is 67.6 Å². The normalized spacial score (nSPS) is 16.8. The minimum absolute atomic E-state index is 0.206. The van der Waals surface area contributed by atoms with Gasteiger partial charge in [-0.25, -0.2) is 0 Å². The van der Waals surface area contributed by atoms with Crippen molar-refractivity contribution < 1.29 is 29.2 Å². The number of rotatable bonds is 5. The zero-order valence-electron chi connectivity index (χ0n) is 13.7. The van der Waals surface area contributed by atoms with Gasteiger partial charge in [-0.3, -0.25) is 4.79 Å². The van der Waals surface area contributed by atoms with Crippen LogP contribution in [0.3, 0.4) is 0 Å². The van der Waals surface area contributed by atoms with E-state index in [1.165, 1.54) is 21.3 Å². The second-order valence-electron chi connectivity index (χ2n) is 5.56. The van der Waals surface area contributed by atoms with Gasteiger partial charge in [-0.1, -0.05) is 0 Å². The Bertz CT molecular complexity index is 566. The molecule has 0 bridgehead atoms. The Morgan fingerprint density at radius 2 is 1.74 bits per heavy atom. The number of nitrogens with zero attached hydrogens (tertiary/aromatic N) is 1. The van der Waals surface area contributed by atoms with E-state index in [-0.39, 0.29) is 12.5 Å². The molecule has 1 aliphatic heterocycles. The number of likely N-dealkylation sites (tertiary alicyclic amines) is 1. The summed E-state index contributed by atoms with van der Waals surface area (Å²) in [4.78, 5) is 14.4. The molecule has 0 aromatic heterocycles. The van der Waals surface area contributed by atoms with Crippen LogP contribution >= 0.6 is 0 Å². The second-order valence-corrected chi connectivity index (χ2v) is 5.56. The lowest BCUT2D eigenvalue weighted by molar-refractivity contribution is -0.0546. The second kappa shape index (κ2) is 7.06. The van der Waals surface area contributed by atoms with Crippen molar-refractivity contribution >= 4 is 5.91 Å². The predicted molar refractivity (Wildman–Crippen MR) is 83.3 cm³/mol. The molecule has 0 spiro atoms. The summed E-state index contributed by atoms with van der Waals surface area (Å²) in [5, 5.41) is 19.2. The van der Waals surface area contributed by atoms with Crippen molar-refractivity contribution in [3.05, 3.63) is 17.7 Å². The van der Waals surface area contributed by atoms with Crippen molar-refractivity contribution in [3.63, 3.8) is 0 Å². The van der Waals surface area contributed by atoms with Gasteiger partial charge in [-0.15, -0.1) is 0 Å². The average Bonchev–Trinajstić information content (AvgIpc) is 2.60. The van der Waals surface area contributed by atoms with Crippen LogP contribution < -0.4 is 14.2 Å². The van der Waals surface area contributed by atoms with Gasteiger partial charge >= 0.3 is 0 Å². The number of benzene rings is 1. The molecule has 2 N–H and O–H groups in total. The quantitative estimate of drug-likeness (QED) is 0.827. The zero-order chi connectivity index (χ0) is 17.0. The van der Waals surface area contributed by atoms with Crippen molar-refractivity contribution in [2.45, 2.75) is 18.4 Å². The van der Waals surface area contributed by atoms with E-state index < -0.39 is 5.60 Å². The molecule has 7 heteroatoms. The largest absolute Gasteiger partial charge is 0.493 e. The number of ether oxygens (including phenoxy) is 3. The van der Waals surface area contributed by atoms with Crippen LogP contribution in [0.2, 0.25) is 0 Å². The highest BCUT2D eigenvalue weighted by Crippen LogP contribution is 2.40. The van der Waals surface area contributed by atoms with E-state index in [4.69, 9.17) is 14.2 Å². The molecule has 0 aliphatic carbocycles. The fourth-order valence-corrected chi connectivity index (χ4v) is 2.72. The van der Waals surface area contributed by atoms with Gasteiger partial charge in [0.1, 0.15) is 0 Å². The molecule has 1 saturated heterocycles. The number of carbonyl (C=O) groups is 1. The maximum Gasteiger partial charge on any atom is 0.257 e. The van der Waals surface area contributed by atoms with Gasteiger partial charge in [0.15, 0.2) is 11.5 Å². The molecule has 1 aliphatic rings. The minimum Gasteiger partial charge on any atom is -0.493 e. The van der Waals surface area contributed by atoms with Gasteiger partial charge in [0.2, 0.25) is 5.75 Å². The summed E-state index contributed by atoms with van der Waals surface area (Å²) >= 11 is 0. The topological polar surface area (TPSA) is 88.5 Å². The number of piperidine rings is 1. The summed E-state index contributed by atoms with van der Waals surface area (Å²) in [7, 11) is 4.46. The molecule has 0 saturated carbocycles. The van der Waals surface area contributed by atoms with Crippen molar-refractivity contribution in [2.75, 3.05) is 41.0 Å². The first-order valence-corrected chi connectivity index (χ1v) is 7.41. The first-order valence-electron chi connectivity index (χ1n) is 7.41. The number of amides is 1. The maximum absolute atomic E-state index is 12.8. The molecule has 0 radical (unpaired) electrons. The smallest absolute Gasteiger partial charge is 0.257 e. The Labute approximate surface area is 135 Å². The molecule has 1 fully saturated rings. The molecule has 1 amide bonds. The van der Waals surface area contributed by atoms with Crippen LogP contribution in [0.1, 0.15) is 23.2 Å². The molecule has 23 heavy (non-hydrogen) atoms. The summed E-state index contributed by atoms with van der Waals surface area (Å²) in [5.74, 6) is 0.960. The molecular formula is C16H23NO6. The van der Waals surface area contributed by atoms with Crippen molar-refractivity contribution in [1.29, 1.82) is 0 Å². The number of methoxy groups -OCH3 is 3. The first kappa shape index (κ1) is 17.4. The van der Waals surface area contributed by atoms with Crippen molar-refractivity contribution in [2.24, 2.45) is 0 Å². The number of carbonyl (C=O) groups excluding carboxylic acids is 1. The van der Waals surface area contributed by atoms with E-state index in [1.807, 2.05) is 0 Å². The standard InChI is InChI=1S/C16H23NO6/c1-21-12-5-4-11(13(22-2)14(12)23-3)15(19)17-8-6-16(20,10-18)7-9-17/h4-5,18,20H,6-10H2,1-3H3. The molecule has 1 aromatic carbocycles. The van der Waals surface area contributed by atoms with E-state index in [2.05, 4.69) is 0 Å². The number of aliphatic hydroxyl groups is 2.